The second kappa shape index (κ2) is 5.17. The number of rotatable bonds is 3. The number of nitrogens with two attached hydrogens (primary N) is 1. The van der Waals surface area contributed by atoms with Crippen LogP contribution in [-0.4, -0.2) is 16.7 Å². The van der Waals surface area contributed by atoms with Crippen molar-refractivity contribution in [1.82, 2.24) is 5.43 Å². The van der Waals surface area contributed by atoms with Crippen molar-refractivity contribution < 1.29 is 14.1 Å². The molecule has 0 atom stereocenters. The fourth-order valence-electron chi connectivity index (χ4n) is 1.99. The highest BCUT2D eigenvalue weighted by atomic mass is 16.6. The Hall–Kier alpha value is -3.42. The maximum atomic E-state index is 11.5. The summed E-state index contributed by atoms with van der Waals surface area (Å²) in [6, 6.07) is 9.37. The Labute approximate surface area is 124 Å². The summed E-state index contributed by atoms with van der Waals surface area (Å²) in [5, 5.41) is 14.4. The molecule has 0 saturated heterocycles. The van der Waals surface area contributed by atoms with E-state index >= 15 is 0 Å². The quantitative estimate of drug-likeness (QED) is 0.506. The molecular weight excluding hydrogens is 288 g/mol. The number of carbonyl (C=O) groups excluding carboxylic acids is 1. The number of nitrogens with zero attached hydrogens (tertiary/aromatic N) is 2. The van der Waals surface area contributed by atoms with Crippen molar-refractivity contribution in [2.45, 2.75) is 0 Å². The lowest BCUT2D eigenvalue weighted by atomic mass is 10.1. The second-order valence-electron chi connectivity index (χ2n) is 4.51. The summed E-state index contributed by atoms with van der Waals surface area (Å²) in [5.41, 5.74) is 8.55. The summed E-state index contributed by atoms with van der Waals surface area (Å²) in [6.07, 6.45) is 1.46. The van der Waals surface area contributed by atoms with Crippen molar-refractivity contribution in [3.8, 4) is 11.3 Å². The van der Waals surface area contributed by atoms with Crippen molar-refractivity contribution in [2.24, 2.45) is 10.8 Å². The van der Waals surface area contributed by atoms with Crippen LogP contribution in [0.3, 0.4) is 0 Å². The van der Waals surface area contributed by atoms with E-state index in [2.05, 4.69) is 10.5 Å². The predicted octanol–water partition coefficient (Wildman–Crippen LogP) is 1.64. The van der Waals surface area contributed by atoms with Gasteiger partial charge in [0.25, 0.3) is 11.6 Å². The van der Waals surface area contributed by atoms with Gasteiger partial charge in [-0.15, -0.1) is 0 Å². The van der Waals surface area contributed by atoms with Gasteiger partial charge in [0.15, 0.2) is 5.84 Å². The molecular formula is C14H10N4O4. The first kappa shape index (κ1) is 13.6. The van der Waals surface area contributed by atoms with Gasteiger partial charge in [-0.3, -0.25) is 14.9 Å². The maximum Gasteiger partial charge on any atom is 0.275 e. The van der Waals surface area contributed by atoms with Gasteiger partial charge < -0.3 is 10.2 Å². The number of furan rings is 1. The zero-order valence-corrected chi connectivity index (χ0v) is 11.1. The summed E-state index contributed by atoms with van der Waals surface area (Å²) < 4.78 is 5.57. The monoisotopic (exact) mass is 298 g/mol. The third-order valence-corrected chi connectivity index (χ3v) is 3.05. The van der Waals surface area contributed by atoms with Gasteiger partial charge in [-0.1, -0.05) is 12.1 Å². The largest absolute Gasteiger partial charge is 0.457 e. The molecule has 1 aliphatic heterocycles. The van der Waals surface area contributed by atoms with Crippen LogP contribution >= 0.6 is 0 Å². The molecule has 0 saturated carbocycles. The lowest BCUT2D eigenvalue weighted by Gasteiger charge is -1.97. The van der Waals surface area contributed by atoms with Gasteiger partial charge in [-0.2, -0.15) is 5.10 Å². The molecule has 1 aromatic carbocycles. The normalized spacial score (nSPS) is 15.7. The average Bonchev–Trinajstić information content (AvgIpc) is 3.10. The van der Waals surface area contributed by atoms with Crippen LogP contribution in [0.25, 0.3) is 17.4 Å². The Morgan fingerprint density at radius 3 is 2.82 bits per heavy atom. The third-order valence-electron chi connectivity index (χ3n) is 3.05. The Morgan fingerprint density at radius 2 is 2.14 bits per heavy atom. The van der Waals surface area contributed by atoms with E-state index in [1.165, 1.54) is 18.2 Å². The zero-order valence-electron chi connectivity index (χ0n) is 11.1. The predicted molar refractivity (Wildman–Crippen MR) is 78.5 cm³/mol. The molecule has 1 aliphatic rings. The minimum absolute atomic E-state index is 0.0275. The topological polar surface area (TPSA) is 124 Å². The third kappa shape index (κ3) is 2.44. The molecule has 3 rings (SSSR count). The van der Waals surface area contributed by atoms with Crippen LogP contribution in [0.1, 0.15) is 5.76 Å². The smallest absolute Gasteiger partial charge is 0.275 e. The van der Waals surface area contributed by atoms with Crippen LogP contribution in [0.4, 0.5) is 5.69 Å². The Balaban J connectivity index is 1.93. The van der Waals surface area contributed by atoms with Crippen molar-refractivity contribution in [2.75, 3.05) is 0 Å². The SMILES string of the molecule is NC1=NNC(=O)C1=Cc1ccc(-c2cccc([N+](=O)[O-])c2)o1. The van der Waals surface area contributed by atoms with E-state index in [1.54, 1.807) is 24.3 Å². The minimum atomic E-state index is -0.477. The molecule has 8 nitrogen and oxygen atoms in total. The van der Waals surface area contributed by atoms with Crippen molar-refractivity contribution in [1.29, 1.82) is 0 Å². The van der Waals surface area contributed by atoms with E-state index in [1.807, 2.05) is 0 Å². The fourth-order valence-corrected chi connectivity index (χ4v) is 1.99. The summed E-state index contributed by atoms with van der Waals surface area (Å²) >= 11 is 0. The van der Waals surface area contributed by atoms with E-state index < -0.39 is 10.8 Å². The second-order valence-corrected chi connectivity index (χ2v) is 4.51. The van der Waals surface area contributed by atoms with E-state index in [4.69, 9.17) is 10.2 Å². The molecule has 110 valence electrons. The van der Waals surface area contributed by atoms with Gasteiger partial charge in [-0.05, 0) is 18.2 Å². The molecule has 22 heavy (non-hydrogen) atoms. The average molecular weight is 298 g/mol. The highest BCUT2D eigenvalue weighted by Gasteiger charge is 2.20. The van der Waals surface area contributed by atoms with Gasteiger partial charge in [-0.25, -0.2) is 5.43 Å². The zero-order chi connectivity index (χ0) is 15.7. The van der Waals surface area contributed by atoms with Crippen LogP contribution in [0.5, 0.6) is 0 Å². The number of amidine groups is 1. The number of nitrogens with one attached hydrogen (secondary N) is 1. The van der Waals surface area contributed by atoms with Crippen LogP contribution in [-0.2, 0) is 4.79 Å². The molecule has 0 bridgehead atoms. The number of non-ortho nitro benzene ring substituents is 1. The van der Waals surface area contributed by atoms with E-state index in [0.717, 1.165) is 0 Å². The van der Waals surface area contributed by atoms with E-state index in [0.29, 0.717) is 17.1 Å². The van der Waals surface area contributed by atoms with Crippen molar-refractivity contribution in [3.63, 3.8) is 0 Å². The van der Waals surface area contributed by atoms with Gasteiger partial charge in [0.2, 0.25) is 0 Å². The molecule has 0 unspecified atom stereocenters. The van der Waals surface area contributed by atoms with Gasteiger partial charge in [0.1, 0.15) is 11.5 Å². The molecule has 0 spiro atoms. The highest BCUT2D eigenvalue weighted by Crippen LogP contribution is 2.26. The summed E-state index contributed by atoms with van der Waals surface area (Å²) in [4.78, 5) is 21.8. The fraction of sp³-hybridized carbons (Fsp3) is 0. The minimum Gasteiger partial charge on any atom is -0.457 e. The summed E-state index contributed by atoms with van der Waals surface area (Å²) in [6.45, 7) is 0. The Bertz CT molecular complexity index is 835. The number of hydrazone groups is 1. The Kier molecular flexibility index (Phi) is 3.18. The number of nitro groups is 1. The van der Waals surface area contributed by atoms with Crippen LogP contribution < -0.4 is 11.2 Å². The van der Waals surface area contributed by atoms with Gasteiger partial charge in [0.05, 0.1) is 10.5 Å². The highest BCUT2D eigenvalue weighted by molar-refractivity contribution is 6.26. The molecule has 0 radical (unpaired) electrons. The number of benzene rings is 1. The number of amides is 1. The molecule has 2 heterocycles. The standard InChI is InChI=1S/C14H10N4O4/c15-13-11(14(19)17-16-13)7-10-4-5-12(22-10)8-2-1-3-9(6-8)18(20)21/h1-7H,(H2,15,16)(H,17,19). The van der Waals surface area contributed by atoms with Gasteiger partial charge in [0, 0.05) is 17.7 Å². The van der Waals surface area contributed by atoms with Crippen LogP contribution in [0.15, 0.2) is 51.5 Å². The number of hydrogen-bond donors (Lipinski definition) is 2. The molecule has 8 heteroatoms. The molecule has 2 aromatic rings. The first-order valence-corrected chi connectivity index (χ1v) is 6.25. The number of hydrogen-bond acceptors (Lipinski definition) is 6. The molecule has 0 aliphatic carbocycles. The maximum absolute atomic E-state index is 11.5. The Morgan fingerprint density at radius 1 is 1.32 bits per heavy atom. The lowest BCUT2D eigenvalue weighted by Crippen LogP contribution is -2.16. The van der Waals surface area contributed by atoms with E-state index in [-0.39, 0.29) is 17.1 Å². The van der Waals surface area contributed by atoms with Crippen LogP contribution in [0.2, 0.25) is 0 Å². The van der Waals surface area contributed by atoms with Crippen LogP contribution in [0, 0.1) is 10.1 Å². The summed E-state index contributed by atoms with van der Waals surface area (Å²) in [5.74, 6) is 0.514. The molecule has 3 N–H and O–H groups in total. The lowest BCUT2D eigenvalue weighted by molar-refractivity contribution is -0.384. The van der Waals surface area contributed by atoms with Gasteiger partial charge >= 0.3 is 0 Å². The number of carbonyl (C=O) groups is 1. The van der Waals surface area contributed by atoms with E-state index in [9.17, 15) is 14.9 Å². The van der Waals surface area contributed by atoms with Crippen molar-refractivity contribution >= 4 is 23.5 Å². The summed E-state index contributed by atoms with van der Waals surface area (Å²) in [7, 11) is 0. The molecule has 1 amide bonds. The van der Waals surface area contributed by atoms with Crippen molar-refractivity contribution in [3.05, 3.63) is 57.8 Å². The first-order chi connectivity index (χ1) is 10.5. The number of nitro benzene ring substituents is 1. The first-order valence-electron chi connectivity index (χ1n) is 6.25. The molecule has 1 aromatic heterocycles. The molecule has 0 fully saturated rings.